The van der Waals surface area contributed by atoms with Crippen LogP contribution in [0.25, 0.3) is 0 Å². The highest BCUT2D eigenvalue weighted by molar-refractivity contribution is 7.10. The van der Waals surface area contributed by atoms with Crippen LogP contribution in [-0.4, -0.2) is 8.32 Å². The molecule has 0 amide bonds. The molecular weight excluding hydrogens is 378 g/mol. The zero-order chi connectivity index (χ0) is 20.0. The van der Waals surface area contributed by atoms with Crippen LogP contribution in [0.5, 0.6) is 0 Å². The van der Waals surface area contributed by atoms with Crippen LogP contribution in [0.2, 0.25) is 18.1 Å². The van der Waals surface area contributed by atoms with Gasteiger partial charge in [-0.25, -0.2) is 8.78 Å². The molecule has 0 aliphatic heterocycles. The zero-order valence-electron chi connectivity index (χ0n) is 17.2. The number of hydrogen-bond donors (Lipinski definition) is 0. The van der Waals surface area contributed by atoms with Gasteiger partial charge in [0.05, 0.1) is 6.10 Å². The first-order valence-electron chi connectivity index (χ1n) is 10.0. The van der Waals surface area contributed by atoms with Crippen molar-refractivity contribution in [1.29, 1.82) is 0 Å². The highest BCUT2D eigenvalue weighted by Crippen LogP contribution is 2.37. The van der Waals surface area contributed by atoms with Gasteiger partial charge in [0.15, 0.2) is 8.32 Å². The minimum absolute atomic E-state index is 0.0844. The van der Waals surface area contributed by atoms with E-state index in [-0.39, 0.29) is 6.10 Å². The monoisotopic (exact) mass is 410 g/mol. The summed E-state index contributed by atoms with van der Waals surface area (Å²) in [6, 6.07) is 7.15. The summed E-state index contributed by atoms with van der Waals surface area (Å²) in [5.74, 6) is -1.01. The number of thiophene rings is 1. The minimum atomic E-state index is -1.75. The molecule has 1 aromatic carbocycles. The van der Waals surface area contributed by atoms with Crippen molar-refractivity contribution in [2.75, 3.05) is 0 Å². The lowest BCUT2D eigenvalue weighted by molar-refractivity contribution is 0.176. The van der Waals surface area contributed by atoms with Crippen molar-refractivity contribution in [2.45, 2.75) is 78.1 Å². The van der Waals surface area contributed by atoms with Crippen molar-refractivity contribution in [3.8, 4) is 0 Å². The van der Waals surface area contributed by atoms with E-state index in [0.29, 0.717) is 6.42 Å². The summed E-state index contributed by atoms with van der Waals surface area (Å²) < 4.78 is 33.8. The second-order valence-corrected chi connectivity index (χ2v) is 13.2. The van der Waals surface area contributed by atoms with E-state index < -0.39 is 20.0 Å². The molecular formula is C22H32F2OSSi. The van der Waals surface area contributed by atoms with Crippen molar-refractivity contribution in [3.63, 3.8) is 0 Å². The van der Waals surface area contributed by atoms with Crippen LogP contribution in [0.3, 0.4) is 0 Å². The number of rotatable bonds is 10. The van der Waals surface area contributed by atoms with E-state index in [2.05, 4.69) is 40.0 Å². The standard InChI is InChI=1S/C22H32F2OSSi/c1-6-27(7-2,8-3)25-21(22-16(4)15-26-17(22)5)11-9-10-18-12-19(23)14-20(24)13-18/h12-15,21H,6-11H2,1-5H3. The first-order valence-corrected chi connectivity index (χ1v) is 13.4. The van der Waals surface area contributed by atoms with Gasteiger partial charge < -0.3 is 4.43 Å². The molecule has 0 N–H and O–H groups in total. The lowest BCUT2D eigenvalue weighted by Crippen LogP contribution is -2.37. The molecule has 1 nitrogen and oxygen atoms in total. The predicted molar refractivity (Wildman–Crippen MR) is 114 cm³/mol. The fraction of sp³-hybridized carbons (Fsp3) is 0.545. The molecule has 0 aliphatic carbocycles. The number of hydrogen-bond acceptors (Lipinski definition) is 2. The topological polar surface area (TPSA) is 9.23 Å². The average molecular weight is 411 g/mol. The van der Waals surface area contributed by atoms with Crippen molar-refractivity contribution < 1.29 is 13.2 Å². The smallest absolute Gasteiger partial charge is 0.192 e. The van der Waals surface area contributed by atoms with Crippen LogP contribution in [0.1, 0.15) is 61.3 Å². The Morgan fingerprint density at radius 3 is 2.07 bits per heavy atom. The van der Waals surface area contributed by atoms with Crippen molar-refractivity contribution in [2.24, 2.45) is 0 Å². The molecule has 0 aliphatic rings. The highest BCUT2D eigenvalue weighted by atomic mass is 32.1. The second-order valence-electron chi connectivity index (χ2n) is 7.41. The molecule has 0 bridgehead atoms. The van der Waals surface area contributed by atoms with Gasteiger partial charge >= 0.3 is 0 Å². The molecule has 0 spiro atoms. The Bertz CT molecular complexity index is 692. The van der Waals surface area contributed by atoms with E-state index in [1.807, 2.05) is 0 Å². The number of aryl methyl sites for hydroxylation is 3. The van der Waals surface area contributed by atoms with Gasteiger partial charge in [0.2, 0.25) is 0 Å². The Kier molecular flexibility index (Phi) is 8.19. The molecule has 5 heteroatoms. The summed E-state index contributed by atoms with van der Waals surface area (Å²) in [7, 11) is -1.75. The summed E-state index contributed by atoms with van der Waals surface area (Å²) in [5.41, 5.74) is 3.35. The van der Waals surface area contributed by atoms with Gasteiger partial charge in [0.1, 0.15) is 11.6 Å². The zero-order valence-corrected chi connectivity index (χ0v) is 19.0. The number of benzene rings is 1. The van der Waals surface area contributed by atoms with Crippen molar-refractivity contribution >= 4 is 19.7 Å². The molecule has 1 aromatic heterocycles. The Labute approximate surface area is 167 Å². The van der Waals surface area contributed by atoms with Gasteiger partial charge in [-0.3, -0.25) is 0 Å². The van der Waals surface area contributed by atoms with Gasteiger partial charge in [-0.1, -0.05) is 20.8 Å². The maximum absolute atomic E-state index is 13.4. The predicted octanol–water partition coefficient (Wildman–Crippen LogP) is 7.73. The van der Waals surface area contributed by atoms with E-state index >= 15 is 0 Å². The first kappa shape index (κ1) is 22.2. The van der Waals surface area contributed by atoms with Gasteiger partial charge in [-0.15, -0.1) is 11.3 Å². The molecule has 1 heterocycles. The second kappa shape index (κ2) is 9.94. The molecule has 0 saturated carbocycles. The van der Waals surface area contributed by atoms with E-state index in [9.17, 15) is 8.78 Å². The van der Waals surface area contributed by atoms with Gasteiger partial charge in [0.25, 0.3) is 0 Å². The lowest BCUT2D eigenvalue weighted by atomic mass is 9.99. The van der Waals surface area contributed by atoms with Gasteiger partial charge in [-0.2, -0.15) is 0 Å². The summed E-state index contributed by atoms with van der Waals surface area (Å²) >= 11 is 1.78. The average Bonchev–Trinajstić information content (AvgIpc) is 2.96. The maximum Gasteiger partial charge on any atom is 0.192 e. The first-order chi connectivity index (χ1) is 12.8. The Morgan fingerprint density at radius 1 is 1.00 bits per heavy atom. The molecule has 27 heavy (non-hydrogen) atoms. The Morgan fingerprint density at radius 2 is 1.59 bits per heavy atom. The maximum atomic E-state index is 13.4. The minimum Gasteiger partial charge on any atom is -0.410 e. The summed E-state index contributed by atoms with van der Waals surface area (Å²) in [5, 5.41) is 2.20. The van der Waals surface area contributed by atoms with E-state index in [4.69, 9.17) is 4.43 Å². The van der Waals surface area contributed by atoms with Crippen LogP contribution >= 0.6 is 11.3 Å². The summed E-state index contributed by atoms with van der Waals surface area (Å²) in [6.45, 7) is 11.1. The molecule has 1 unspecified atom stereocenters. The van der Waals surface area contributed by atoms with Crippen LogP contribution in [0, 0.1) is 25.5 Å². The molecule has 2 aromatic rings. The molecule has 0 saturated heterocycles. The van der Waals surface area contributed by atoms with Crippen LogP contribution in [0.15, 0.2) is 23.6 Å². The fourth-order valence-corrected chi connectivity index (χ4v) is 7.61. The Balaban J connectivity index is 2.17. The molecule has 2 rings (SSSR count). The third-order valence-electron chi connectivity index (χ3n) is 5.72. The lowest BCUT2D eigenvalue weighted by Gasteiger charge is -2.34. The van der Waals surface area contributed by atoms with Crippen molar-refractivity contribution in [3.05, 3.63) is 56.8 Å². The van der Waals surface area contributed by atoms with Gasteiger partial charge in [0, 0.05) is 10.9 Å². The quantitative estimate of drug-likeness (QED) is 0.364. The highest BCUT2D eigenvalue weighted by Gasteiger charge is 2.33. The van der Waals surface area contributed by atoms with Crippen LogP contribution in [-0.2, 0) is 10.8 Å². The molecule has 0 fully saturated rings. The molecule has 0 radical (unpaired) electrons. The third-order valence-corrected chi connectivity index (χ3v) is 11.4. The van der Waals surface area contributed by atoms with E-state index in [1.54, 1.807) is 11.3 Å². The summed E-state index contributed by atoms with van der Waals surface area (Å²) in [6.07, 6.45) is 2.48. The van der Waals surface area contributed by atoms with E-state index in [0.717, 1.165) is 42.6 Å². The summed E-state index contributed by atoms with van der Waals surface area (Å²) in [4.78, 5) is 1.32. The Hall–Kier alpha value is -1.04. The SMILES string of the molecule is CC[Si](CC)(CC)OC(CCCc1cc(F)cc(F)c1)c1c(C)csc1C. The fourth-order valence-electron chi connectivity index (χ4n) is 3.87. The normalized spacial score (nSPS) is 13.1. The number of halogens is 2. The van der Waals surface area contributed by atoms with Crippen molar-refractivity contribution in [1.82, 2.24) is 0 Å². The molecule has 150 valence electrons. The van der Waals surface area contributed by atoms with E-state index in [1.165, 1.54) is 28.1 Å². The largest absolute Gasteiger partial charge is 0.410 e. The van der Waals surface area contributed by atoms with Crippen LogP contribution in [0.4, 0.5) is 8.78 Å². The van der Waals surface area contributed by atoms with Gasteiger partial charge in [-0.05, 0) is 85.4 Å². The molecule has 1 atom stereocenters. The van der Waals surface area contributed by atoms with Crippen LogP contribution < -0.4 is 0 Å². The third kappa shape index (κ3) is 5.72.